The third kappa shape index (κ3) is 4.60. The molecule has 0 bridgehead atoms. The number of H-pyrrole nitrogens is 1. The first kappa shape index (κ1) is 21.8. The number of aromatic amines is 1. The highest BCUT2D eigenvalue weighted by molar-refractivity contribution is 5.95. The summed E-state index contributed by atoms with van der Waals surface area (Å²) in [5.41, 5.74) is 6.03. The number of carbonyl (C=O) groups is 1. The molecular formula is C24H26FN5O2. The van der Waals surface area contributed by atoms with E-state index in [2.05, 4.69) is 25.3 Å². The van der Waals surface area contributed by atoms with Crippen LogP contribution < -0.4 is 5.32 Å². The number of hydrogen-bond donors (Lipinski definition) is 3. The monoisotopic (exact) mass is 435 g/mol. The molecule has 4 rings (SSSR count). The van der Waals surface area contributed by atoms with Crippen molar-refractivity contribution in [2.75, 3.05) is 5.32 Å². The second-order valence-corrected chi connectivity index (χ2v) is 8.15. The van der Waals surface area contributed by atoms with Gasteiger partial charge in [-0.1, -0.05) is 6.92 Å². The smallest absolute Gasteiger partial charge is 0.231 e. The molecular weight excluding hydrogens is 409 g/mol. The lowest BCUT2D eigenvalue weighted by molar-refractivity contribution is -0.117. The van der Waals surface area contributed by atoms with E-state index in [0.717, 1.165) is 33.5 Å². The first-order chi connectivity index (χ1) is 15.4. The molecule has 3 unspecified atom stereocenters. The van der Waals surface area contributed by atoms with E-state index in [4.69, 9.17) is 0 Å². The van der Waals surface area contributed by atoms with Gasteiger partial charge >= 0.3 is 0 Å². The maximum absolute atomic E-state index is 13.2. The van der Waals surface area contributed by atoms with Crippen LogP contribution in [-0.2, 0) is 4.79 Å². The molecule has 0 aromatic carbocycles. The van der Waals surface area contributed by atoms with Crippen LogP contribution in [0.1, 0.15) is 55.2 Å². The highest BCUT2D eigenvalue weighted by atomic mass is 19.1. The lowest BCUT2D eigenvalue weighted by atomic mass is 9.98. The Hall–Kier alpha value is -3.39. The van der Waals surface area contributed by atoms with Crippen molar-refractivity contribution in [1.29, 1.82) is 0 Å². The molecule has 1 saturated carbocycles. The second-order valence-electron chi connectivity index (χ2n) is 8.15. The second kappa shape index (κ2) is 9.00. The fraction of sp³-hybridized carbons (Fsp3) is 0.333. The summed E-state index contributed by atoms with van der Waals surface area (Å²) in [6.45, 7) is 5.89. The first-order valence-corrected chi connectivity index (χ1v) is 10.6. The Morgan fingerprint density at radius 2 is 2.12 bits per heavy atom. The number of aliphatic hydroxyl groups excluding tert-OH is 1. The van der Waals surface area contributed by atoms with Crippen LogP contribution >= 0.6 is 0 Å². The minimum absolute atomic E-state index is 0.265. The van der Waals surface area contributed by atoms with Gasteiger partial charge in [-0.3, -0.25) is 9.78 Å². The summed E-state index contributed by atoms with van der Waals surface area (Å²) in [6, 6.07) is 3.66. The summed E-state index contributed by atoms with van der Waals surface area (Å²) in [5.74, 6) is -0.570. The van der Waals surface area contributed by atoms with Crippen LogP contribution in [0.2, 0.25) is 0 Å². The van der Waals surface area contributed by atoms with E-state index < -0.39 is 18.2 Å². The van der Waals surface area contributed by atoms with Gasteiger partial charge in [0.05, 0.1) is 35.9 Å². The quantitative estimate of drug-likeness (QED) is 0.508. The number of carbonyl (C=O) groups excluding carboxylic acids is 1. The van der Waals surface area contributed by atoms with Crippen molar-refractivity contribution in [1.82, 2.24) is 19.9 Å². The van der Waals surface area contributed by atoms with Crippen LogP contribution in [0.3, 0.4) is 0 Å². The fourth-order valence-corrected chi connectivity index (χ4v) is 3.63. The van der Waals surface area contributed by atoms with Crippen LogP contribution in [0.4, 0.5) is 10.2 Å². The van der Waals surface area contributed by atoms with Crippen molar-refractivity contribution >= 4 is 23.4 Å². The largest absolute Gasteiger partial charge is 0.387 e. The Balaban J connectivity index is 1.66. The van der Waals surface area contributed by atoms with Crippen LogP contribution in [0, 0.1) is 12.8 Å². The summed E-state index contributed by atoms with van der Waals surface area (Å²) in [6.07, 6.45) is 7.95. The number of nitrogens with zero attached hydrogens (tertiary/aromatic N) is 3. The predicted octanol–water partition coefficient (Wildman–Crippen LogP) is 4.48. The van der Waals surface area contributed by atoms with Crippen LogP contribution in [-0.4, -0.2) is 37.1 Å². The van der Waals surface area contributed by atoms with Crippen molar-refractivity contribution in [2.24, 2.45) is 5.92 Å². The topological polar surface area (TPSA) is 104 Å². The molecule has 3 atom stereocenters. The summed E-state index contributed by atoms with van der Waals surface area (Å²) >= 11 is 0. The first-order valence-electron chi connectivity index (χ1n) is 10.6. The number of hydrogen-bond acceptors (Lipinski definition) is 5. The molecule has 7 nitrogen and oxygen atoms in total. The van der Waals surface area contributed by atoms with Gasteiger partial charge in [0.2, 0.25) is 5.91 Å². The Morgan fingerprint density at radius 3 is 2.75 bits per heavy atom. The van der Waals surface area contributed by atoms with Gasteiger partial charge in [-0.25, -0.2) is 14.4 Å². The Bertz CT molecular complexity index is 1160. The zero-order chi connectivity index (χ0) is 22.8. The van der Waals surface area contributed by atoms with Gasteiger partial charge < -0.3 is 15.4 Å². The van der Waals surface area contributed by atoms with E-state index >= 15 is 0 Å². The molecule has 166 valence electrons. The van der Waals surface area contributed by atoms with Gasteiger partial charge in [0, 0.05) is 23.5 Å². The standard InChI is InChI=1S/C24H26FN5O2/c1-4-22(31)20-6-14(3)18(10-27-20)13(2)5-15-9-28-23(30-24(32)17-7-19(17)25)8-16(15)21-11-26-12-29-21/h5-6,8-12,17,19,22,31H,4,7H2,1-3H3,(H,26,29)(H,28,30,32)/b13-5+. The molecule has 3 N–H and O–H groups in total. The molecule has 0 radical (unpaired) electrons. The number of nitrogens with one attached hydrogen (secondary N) is 2. The average Bonchev–Trinajstić information content (AvgIpc) is 3.27. The fourth-order valence-electron chi connectivity index (χ4n) is 3.63. The van der Waals surface area contributed by atoms with Gasteiger partial charge in [-0.2, -0.15) is 0 Å². The summed E-state index contributed by atoms with van der Waals surface area (Å²) in [5, 5.41) is 12.8. The van der Waals surface area contributed by atoms with E-state index in [1.807, 2.05) is 32.9 Å². The number of halogens is 1. The SMILES string of the molecule is CCC(O)c1cc(C)c(/C(C)=C/c2cnc(NC(=O)C3CC3F)cc2-c2cnc[nH]2)cn1. The Labute approximate surface area is 185 Å². The van der Waals surface area contributed by atoms with Crippen molar-refractivity contribution in [3.63, 3.8) is 0 Å². The number of alkyl halides is 1. The summed E-state index contributed by atoms with van der Waals surface area (Å²) < 4.78 is 13.2. The van der Waals surface area contributed by atoms with Gasteiger partial charge in [0.1, 0.15) is 12.0 Å². The normalized spacial score (nSPS) is 19.0. The number of allylic oxidation sites excluding steroid dienone is 1. The third-order valence-electron chi connectivity index (χ3n) is 5.68. The van der Waals surface area contributed by atoms with Gasteiger partial charge in [-0.05, 0) is 61.6 Å². The van der Waals surface area contributed by atoms with Crippen molar-refractivity contribution in [2.45, 2.75) is 45.9 Å². The van der Waals surface area contributed by atoms with Crippen molar-refractivity contribution in [3.05, 3.63) is 59.4 Å². The predicted molar refractivity (Wildman–Crippen MR) is 121 cm³/mol. The third-order valence-corrected chi connectivity index (χ3v) is 5.68. The maximum atomic E-state index is 13.2. The van der Waals surface area contributed by atoms with Crippen molar-refractivity contribution < 1.29 is 14.3 Å². The van der Waals surface area contributed by atoms with E-state index in [1.54, 1.807) is 31.0 Å². The molecule has 0 saturated heterocycles. The Morgan fingerprint density at radius 1 is 1.34 bits per heavy atom. The average molecular weight is 436 g/mol. The highest BCUT2D eigenvalue weighted by Crippen LogP contribution is 2.35. The lowest BCUT2D eigenvalue weighted by Gasteiger charge is -2.13. The van der Waals surface area contributed by atoms with Gasteiger partial charge in [0.15, 0.2) is 0 Å². The molecule has 8 heteroatoms. The highest BCUT2D eigenvalue weighted by Gasteiger charge is 2.43. The molecule has 1 amide bonds. The molecule has 3 aromatic rings. The number of rotatable bonds is 7. The molecule has 1 fully saturated rings. The van der Waals surface area contributed by atoms with E-state index in [0.29, 0.717) is 17.9 Å². The maximum Gasteiger partial charge on any atom is 0.231 e. The number of aliphatic hydroxyl groups is 1. The molecule has 32 heavy (non-hydrogen) atoms. The number of pyridine rings is 2. The number of amides is 1. The summed E-state index contributed by atoms with van der Waals surface area (Å²) in [7, 11) is 0. The van der Waals surface area contributed by atoms with E-state index in [1.165, 1.54) is 0 Å². The number of aryl methyl sites for hydroxylation is 1. The molecule has 1 aliphatic carbocycles. The summed E-state index contributed by atoms with van der Waals surface area (Å²) in [4.78, 5) is 28.1. The minimum Gasteiger partial charge on any atom is -0.387 e. The van der Waals surface area contributed by atoms with Gasteiger partial charge in [0.25, 0.3) is 0 Å². The van der Waals surface area contributed by atoms with Crippen LogP contribution in [0.15, 0.2) is 37.1 Å². The van der Waals surface area contributed by atoms with Crippen molar-refractivity contribution in [3.8, 4) is 11.3 Å². The minimum atomic E-state index is -1.06. The molecule has 3 heterocycles. The number of imidazole rings is 1. The van der Waals surface area contributed by atoms with Crippen LogP contribution in [0.25, 0.3) is 22.9 Å². The van der Waals surface area contributed by atoms with Crippen LogP contribution in [0.5, 0.6) is 0 Å². The zero-order valence-corrected chi connectivity index (χ0v) is 18.3. The van der Waals surface area contributed by atoms with E-state index in [9.17, 15) is 14.3 Å². The zero-order valence-electron chi connectivity index (χ0n) is 18.3. The Kier molecular flexibility index (Phi) is 6.14. The lowest BCUT2D eigenvalue weighted by Crippen LogP contribution is -2.16. The number of anilines is 1. The molecule has 0 spiro atoms. The van der Waals surface area contributed by atoms with Gasteiger partial charge in [-0.15, -0.1) is 0 Å². The van der Waals surface area contributed by atoms with E-state index in [-0.39, 0.29) is 12.3 Å². The molecule has 0 aliphatic heterocycles. The number of aromatic nitrogens is 4. The molecule has 1 aliphatic rings. The molecule has 3 aromatic heterocycles.